The average Bonchev–Trinajstić information content (AvgIpc) is 2.71. The van der Waals surface area contributed by atoms with Gasteiger partial charge in [0.1, 0.15) is 6.04 Å². The van der Waals surface area contributed by atoms with Crippen molar-refractivity contribution in [3.8, 4) is 0 Å². The van der Waals surface area contributed by atoms with Gasteiger partial charge >= 0.3 is 6.03 Å². The van der Waals surface area contributed by atoms with Crippen LogP contribution in [0.1, 0.15) is 64.7 Å². The summed E-state index contributed by atoms with van der Waals surface area (Å²) in [6, 6.07) is 8.20. The van der Waals surface area contributed by atoms with Crippen LogP contribution in [0.2, 0.25) is 0 Å². The molecule has 0 aromatic heterocycles. The number of benzene rings is 1. The van der Waals surface area contributed by atoms with Crippen molar-refractivity contribution in [3.63, 3.8) is 0 Å². The van der Waals surface area contributed by atoms with Gasteiger partial charge in [-0.2, -0.15) is 0 Å². The number of likely N-dealkylation sites (tertiary alicyclic amines) is 1. The monoisotopic (exact) mass is 430 g/mol. The highest BCUT2D eigenvalue weighted by Gasteiger charge is 2.35. The van der Waals surface area contributed by atoms with E-state index in [-0.39, 0.29) is 41.3 Å². The number of carbonyl (C=O) groups excluding carboxylic acids is 3. The van der Waals surface area contributed by atoms with Crippen molar-refractivity contribution in [2.75, 3.05) is 13.1 Å². The Hall–Kier alpha value is -2.57. The molecule has 2 rings (SSSR count). The molecular weight excluding hydrogens is 392 g/mol. The second-order valence-corrected chi connectivity index (χ2v) is 9.86. The molecule has 3 N–H and O–H groups in total. The molecule has 0 spiro atoms. The molecule has 4 amide bonds. The normalized spacial score (nSPS) is 17.1. The van der Waals surface area contributed by atoms with Gasteiger partial charge in [0.25, 0.3) is 5.91 Å². The first kappa shape index (κ1) is 24.7. The Balaban J connectivity index is 2.09. The van der Waals surface area contributed by atoms with Crippen LogP contribution in [0.5, 0.6) is 0 Å². The zero-order valence-corrected chi connectivity index (χ0v) is 19.7. The van der Waals surface area contributed by atoms with Gasteiger partial charge in [-0.05, 0) is 64.5 Å². The molecule has 1 fully saturated rings. The van der Waals surface area contributed by atoms with Crippen molar-refractivity contribution in [2.45, 2.75) is 72.0 Å². The summed E-state index contributed by atoms with van der Waals surface area (Å²) >= 11 is 0. The summed E-state index contributed by atoms with van der Waals surface area (Å²) in [6.45, 7) is 13.0. The number of hydrogen-bond donors (Lipinski definition) is 3. The lowest BCUT2D eigenvalue weighted by molar-refractivity contribution is -0.125. The van der Waals surface area contributed by atoms with Crippen LogP contribution in [0.3, 0.4) is 0 Å². The predicted molar refractivity (Wildman–Crippen MR) is 123 cm³/mol. The van der Waals surface area contributed by atoms with Gasteiger partial charge in [0.2, 0.25) is 5.91 Å². The van der Waals surface area contributed by atoms with Gasteiger partial charge in [-0.15, -0.1) is 0 Å². The zero-order chi connectivity index (χ0) is 23.2. The molecule has 0 bridgehead atoms. The summed E-state index contributed by atoms with van der Waals surface area (Å²) in [6.07, 6.45) is 1.31. The quantitative estimate of drug-likeness (QED) is 0.647. The van der Waals surface area contributed by atoms with Crippen molar-refractivity contribution >= 4 is 17.8 Å². The summed E-state index contributed by atoms with van der Waals surface area (Å²) < 4.78 is 0. The molecule has 1 heterocycles. The molecule has 0 unspecified atom stereocenters. The average molecular weight is 431 g/mol. The SMILES string of the molecule is CC(C)[C@@H](C)NC(=O)[C@@H](NC(=O)c1ccccc1)C1CCN(C(=O)NC(C)(C)C)CC1. The standard InChI is InChI=1S/C24H38N4O3/c1-16(2)17(3)25-22(30)20(26-21(29)19-10-8-7-9-11-19)18-12-14-28(15-13-18)23(31)27-24(4,5)6/h7-11,16-18,20H,12-15H2,1-6H3,(H,25,30)(H,26,29)(H,27,31)/t17-,20+/m1/s1. The van der Waals surface area contributed by atoms with Crippen molar-refractivity contribution < 1.29 is 14.4 Å². The van der Waals surface area contributed by atoms with Gasteiger partial charge in [0.15, 0.2) is 0 Å². The van der Waals surface area contributed by atoms with Crippen LogP contribution in [0.4, 0.5) is 4.79 Å². The molecule has 0 aliphatic carbocycles. The number of urea groups is 1. The molecule has 1 saturated heterocycles. The summed E-state index contributed by atoms with van der Waals surface area (Å²) in [5.41, 5.74) is 0.228. The number of rotatable bonds is 6. The Morgan fingerprint density at radius 3 is 2.06 bits per heavy atom. The smallest absolute Gasteiger partial charge is 0.317 e. The van der Waals surface area contributed by atoms with Gasteiger partial charge in [0, 0.05) is 30.2 Å². The van der Waals surface area contributed by atoms with Crippen LogP contribution in [0.25, 0.3) is 0 Å². The topological polar surface area (TPSA) is 90.5 Å². The fourth-order valence-electron chi connectivity index (χ4n) is 3.53. The molecule has 0 saturated carbocycles. The second-order valence-electron chi connectivity index (χ2n) is 9.86. The molecule has 31 heavy (non-hydrogen) atoms. The first-order chi connectivity index (χ1) is 14.5. The van der Waals surface area contributed by atoms with Crippen LogP contribution in [-0.2, 0) is 4.79 Å². The van der Waals surface area contributed by atoms with Gasteiger partial charge in [0.05, 0.1) is 0 Å². The van der Waals surface area contributed by atoms with Crippen molar-refractivity contribution in [2.24, 2.45) is 11.8 Å². The Kier molecular flexibility index (Phi) is 8.48. The van der Waals surface area contributed by atoms with E-state index in [0.29, 0.717) is 31.5 Å². The van der Waals surface area contributed by atoms with Crippen LogP contribution in [0.15, 0.2) is 30.3 Å². The lowest BCUT2D eigenvalue weighted by atomic mass is 9.88. The number of piperidine rings is 1. The minimum absolute atomic E-state index is 0.00118. The van der Waals surface area contributed by atoms with Crippen molar-refractivity contribution in [1.82, 2.24) is 20.9 Å². The molecule has 1 aromatic carbocycles. The first-order valence-corrected chi connectivity index (χ1v) is 11.2. The molecule has 2 atom stereocenters. The molecular formula is C24H38N4O3. The van der Waals surface area contributed by atoms with E-state index < -0.39 is 6.04 Å². The number of nitrogens with zero attached hydrogens (tertiary/aromatic N) is 1. The van der Waals surface area contributed by atoms with Crippen molar-refractivity contribution in [1.29, 1.82) is 0 Å². The molecule has 1 aliphatic rings. The molecule has 1 aromatic rings. The van der Waals surface area contributed by atoms with Gasteiger partial charge in [-0.25, -0.2) is 4.79 Å². The fourth-order valence-corrected chi connectivity index (χ4v) is 3.53. The number of amides is 4. The van der Waals surface area contributed by atoms with Crippen LogP contribution in [-0.4, -0.2) is 53.5 Å². The van der Waals surface area contributed by atoms with Crippen molar-refractivity contribution in [3.05, 3.63) is 35.9 Å². The van der Waals surface area contributed by atoms with E-state index in [0.717, 1.165) is 0 Å². The number of hydrogen-bond acceptors (Lipinski definition) is 3. The van der Waals surface area contributed by atoms with E-state index in [2.05, 4.69) is 29.8 Å². The lowest BCUT2D eigenvalue weighted by Gasteiger charge is -2.37. The minimum atomic E-state index is -0.637. The highest BCUT2D eigenvalue weighted by Crippen LogP contribution is 2.22. The Bertz CT molecular complexity index is 750. The van der Waals surface area contributed by atoms with E-state index in [9.17, 15) is 14.4 Å². The third-order valence-electron chi connectivity index (χ3n) is 5.76. The Morgan fingerprint density at radius 1 is 0.968 bits per heavy atom. The van der Waals surface area contributed by atoms with Crippen LogP contribution in [0, 0.1) is 11.8 Å². The zero-order valence-electron chi connectivity index (χ0n) is 19.7. The molecule has 0 radical (unpaired) electrons. The Labute approximate surface area is 186 Å². The largest absolute Gasteiger partial charge is 0.352 e. The van der Waals surface area contributed by atoms with Gasteiger partial charge in [-0.1, -0.05) is 32.0 Å². The molecule has 7 nitrogen and oxygen atoms in total. The summed E-state index contributed by atoms with van der Waals surface area (Å²) in [5.74, 6) is -0.169. The summed E-state index contributed by atoms with van der Waals surface area (Å²) in [7, 11) is 0. The van der Waals surface area contributed by atoms with Gasteiger partial charge in [-0.3, -0.25) is 9.59 Å². The molecule has 1 aliphatic heterocycles. The minimum Gasteiger partial charge on any atom is -0.352 e. The van der Waals surface area contributed by atoms with E-state index in [1.54, 1.807) is 29.2 Å². The van der Waals surface area contributed by atoms with Gasteiger partial charge < -0.3 is 20.9 Å². The maximum absolute atomic E-state index is 13.1. The fraction of sp³-hybridized carbons (Fsp3) is 0.625. The van der Waals surface area contributed by atoms with Crippen LogP contribution < -0.4 is 16.0 Å². The predicted octanol–water partition coefficient (Wildman–Crippen LogP) is 3.17. The maximum atomic E-state index is 13.1. The second kappa shape index (κ2) is 10.6. The van der Waals surface area contributed by atoms with E-state index in [4.69, 9.17) is 0 Å². The third-order valence-corrected chi connectivity index (χ3v) is 5.76. The van der Waals surface area contributed by atoms with E-state index in [1.807, 2.05) is 33.8 Å². The Morgan fingerprint density at radius 2 is 1.55 bits per heavy atom. The van der Waals surface area contributed by atoms with E-state index >= 15 is 0 Å². The maximum Gasteiger partial charge on any atom is 0.317 e. The lowest BCUT2D eigenvalue weighted by Crippen LogP contribution is -2.57. The first-order valence-electron chi connectivity index (χ1n) is 11.2. The highest BCUT2D eigenvalue weighted by molar-refractivity contribution is 5.97. The highest BCUT2D eigenvalue weighted by atomic mass is 16.2. The number of nitrogens with one attached hydrogen (secondary N) is 3. The molecule has 7 heteroatoms. The summed E-state index contributed by atoms with van der Waals surface area (Å²) in [4.78, 5) is 40.2. The number of carbonyl (C=O) groups is 3. The third kappa shape index (κ3) is 7.56. The summed E-state index contributed by atoms with van der Waals surface area (Å²) in [5, 5.41) is 9.00. The van der Waals surface area contributed by atoms with E-state index in [1.165, 1.54) is 0 Å². The van der Waals surface area contributed by atoms with Crippen LogP contribution >= 0.6 is 0 Å². The molecule has 172 valence electrons.